The van der Waals surface area contributed by atoms with Crippen LogP contribution in [-0.4, -0.2) is 43.1 Å². The normalized spacial score (nSPS) is 11.4. The predicted molar refractivity (Wildman–Crippen MR) is 129 cm³/mol. The summed E-state index contributed by atoms with van der Waals surface area (Å²) in [5.41, 5.74) is 5.50. The topological polar surface area (TPSA) is 72.7 Å². The summed E-state index contributed by atoms with van der Waals surface area (Å²) in [5, 5.41) is 11.5. The molecule has 0 unspecified atom stereocenters. The number of aryl methyl sites for hydroxylation is 1. The van der Waals surface area contributed by atoms with Crippen molar-refractivity contribution in [2.24, 2.45) is 4.99 Å². The lowest BCUT2D eigenvalue weighted by atomic mass is 10.2. The number of hydrogen-bond acceptors (Lipinski definition) is 4. The Bertz CT molecular complexity index is 1010. The Hall–Kier alpha value is -3.32. The molecule has 0 aliphatic heterocycles. The first-order valence-corrected chi connectivity index (χ1v) is 10.9. The van der Waals surface area contributed by atoms with Crippen molar-refractivity contribution in [1.29, 1.82) is 0 Å². The number of nitrogens with one attached hydrogen (secondary N) is 2. The fraction of sp³-hybridized carbons (Fsp3) is 0.360. The van der Waals surface area contributed by atoms with Gasteiger partial charge < -0.3 is 20.1 Å². The standard InChI is InChI=1S/C25H33N5O2/c1-19-24(20(2)30(29-19)18-21-10-6-5-7-11-21)17-27-25(26-3)28-22-12-8-13-23(16-22)32-15-9-14-31-4/h5-8,10-13,16H,9,14-15,17-18H2,1-4H3,(H2,26,27,28). The van der Waals surface area contributed by atoms with E-state index < -0.39 is 0 Å². The van der Waals surface area contributed by atoms with Crippen LogP contribution in [0.25, 0.3) is 0 Å². The van der Waals surface area contributed by atoms with E-state index in [0.717, 1.165) is 35.8 Å². The van der Waals surface area contributed by atoms with Crippen LogP contribution < -0.4 is 15.4 Å². The van der Waals surface area contributed by atoms with Gasteiger partial charge in [0.25, 0.3) is 0 Å². The van der Waals surface area contributed by atoms with Crippen molar-refractivity contribution >= 4 is 11.6 Å². The number of benzene rings is 2. The molecule has 0 atom stereocenters. The van der Waals surface area contributed by atoms with Crippen LogP contribution in [0.2, 0.25) is 0 Å². The highest BCUT2D eigenvalue weighted by Crippen LogP contribution is 2.18. The molecule has 170 valence electrons. The number of rotatable bonds is 10. The average Bonchev–Trinajstić information content (AvgIpc) is 3.07. The lowest BCUT2D eigenvalue weighted by molar-refractivity contribution is 0.172. The van der Waals surface area contributed by atoms with E-state index in [2.05, 4.69) is 51.5 Å². The molecule has 1 aromatic heterocycles. The van der Waals surface area contributed by atoms with Crippen LogP contribution in [-0.2, 0) is 17.8 Å². The first-order valence-electron chi connectivity index (χ1n) is 10.9. The van der Waals surface area contributed by atoms with Gasteiger partial charge in [0.15, 0.2) is 5.96 Å². The molecule has 0 aliphatic carbocycles. The molecule has 7 nitrogen and oxygen atoms in total. The van der Waals surface area contributed by atoms with E-state index in [0.29, 0.717) is 25.7 Å². The number of anilines is 1. The predicted octanol–water partition coefficient (Wildman–Crippen LogP) is 4.15. The van der Waals surface area contributed by atoms with Crippen molar-refractivity contribution in [3.63, 3.8) is 0 Å². The van der Waals surface area contributed by atoms with E-state index in [1.54, 1.807) is 14.2 Å². The van der Waals surface area contributed by atoms with E-state index in [4.69, 9.17) is 14.6 Å². The highest BCUT2D eigenvalue weighted by Gasteiger charge is 2.12. The molecule has 0 fully saturated rings. The third-order valence-electron chi connectivity index (χ3n) is 5.22. The summed E-state index contributed by atoms with van der Waals surface area (Å²) < 4.78 is 12.9. The largest absolute Gasteiger partial charge is 0.493 e. The van der Waals surface area contributed by atoms with Crippen molar-refractivity contribution in [2.75, 3.05) is 32.7 Å². The molecule has 32 heavy (non-hydrogen) atoms. The Labute approximate surface area is 190 Å². The zero-order chi connectivity index (χ0) is 22.8. The number of aromatic nitrogens is 2. The van der Waals surface area contributed by atoms with Gasteiger partial charge in [-0.1, -0.05) is 36.4 Å². The molecule has 3 aromatic rings. The maximum Gasteiger partial charge on any atom is 0.195 e. The Morgan fingerprint density at radius 3 is 2.62 bits per heavy atom. The van der Waals surface area contributed by atoms with Crippen LogP contribution in [0.4, 0.5) is 5.69 Å². The highest BCUT2D eigenvalue weighted by atomic mass is 16.5. The van der Waals surface area contributed by atoms with Gasteiger partial charge in [0.05, 0.1) is 18.8 Å². The SMILES string of the molecule is CN=C(NCc1c(C)nn(Cc2ccccc2)c1C)Nc1cccc(OCCCOC)c1. The first-order chi connectivity index (χ1) is 15.6. The number of guanidine groups is 1. The molecule has 0 spiro atoms. The van der Waals surface area contributed by atoms with Crippen molar-refractivity contribution in [3.05, 3.63) is 77.1 Å². The molecule has 1 heterocycles. The Balaban J connectivity index is 1.59. The zero-order valence-electron chi connectivity index (χ0n) is 19.4. The smallest absolute Gasteiger partial charge is 0.195 e. The Morgan fingerprint density at radius 2 is 1.88 bits per heavy atom. The maximum absolute atomic E-state index is 5.78. The van der Waals surface area contributed by atoms with Gasteiger partial charge in [0.1, 0.15) is 5.75 Å². The molecule has 7 heteroatoms. The Kier molecular flexibility index (Phi) is 8.69. The molecule has 0 aliphatic rings. The van der Waals surface area contributed by atoms with Gasteiger partial charge >= 0.3 is 0 Å². The van der Waals surface area contributed by atoms with Crippen LogP contribution in [0.5, 0.6) is 5.75 Å². The van der Waals surface area contributed by atoms with Crippen LogP contribution in [0.1, 0.15) is 28.9 Å². The minimum atomic E-state index is 0.621. The zero-order valence-corrected chi connectivity index (χ0v) is 19.4. The molecule has 0 radical (unpaired) electrons. The van der Waals surface area contributed by atoms with E-state index in [1.807, 2.05) is 37.3 Å². The second kappa shape index (κ2) is 11.9. The van der Waals surface area contributed by atoms with Gasteiger partial charge in [-0.3, -0.25) is 9.67 Å². The van der Waals surface area contributed by atoms with Gasteiger partial charge in [-0.05, 0) is 31.5 Å². The van der Waals surface area contributed by atoms with Gasteiger partial charge in [0.2, 0.25) is 0 Å². The molecule has 2 aromatic carbocycles. The summed E-state index contributed by atoms with van der Waals surface area (Å²) in [4.78, 5) is 4.36. The van der Waals surface area contributed by atoms with E-state index in [1.165, 1.54) is 11.1 Å². The molecular formula is C25H33N5O2. The highest BCUT2D eigenvalue weighted by molar-refractivity contribution is 5.93. The van der Waals surface area contributed by atoms with E-state index in [-0.39, 0.29) is 0 Å². The molecule has 2 N–H and O–H groups in total. The molecule has 0 saturated heterocycles. The second-order valence-corrected chi connectivity index (χ2v) is 7.57. The molecule has 0 saturated carbocycles. The fourth-order valence-electron chi connectivity index (χ4n) is 3.45. The third kappa shape index (κ3) is 6.59. The minimum absolute atomic E-state index is 0.621. The van der Waals surface area contributed by atoms with Crippen molar-refractivity contribution in [2.45, 2.75) is 33.4 Å². The molecule has 3 rings (SSSR count). The van der Waals surface area contributed by atoms with Gasteiger partial charge in [-0.2, -0.15) is 5.10 Å². The number of nitrogens with zero attached hydrogens (tertiary/aromatic N) is 3. The van der Waals surface area contributed by atoms with Gasteiger partial charge in [0, 0.05) is 56.7 Å². The minimum Gasteiger partial charge on any atom is -0.493 e. The van der Waals surface area contributed by atoms with Crippen LogP contribution in [0.15, 0.2) is 59.6 Å². The van der Waals surface area contributed by atoms with Crippen molar-refractivity contribution < 1.29 is 9.47 Å². The van der Waals surface area contributed by atoms with Crippen LogP contribution in [0.3, 0.4) is 0 Å². The molecule has 0 amide bonds. The lowest BCUT2D eigenvalue weighted by Gasteiger charge is -2.13. The molecule has 0 bridgehead atoms. The summed E-state index contributed by atoms with van der Waals surface area (Å²) in [6.45, 7) is 6.87. The Morgan fingerprint density at radius 1 is 1.06 bits per heavy atom. The molecular weight excluding hydrogens is 402 g/mol. The third-order valence-corrected chi connectivity index (χ3v) is 5.22. The van der Waals surface area contributed by atoms with Crippen LogP contribution >= 0.6 is 0 Å². The average molecular weight is 436 g/mol. The summed E-state index contributed by atoms with van der Waals surface area (Å²) >= 11 is 0. The van der Waals surface area contributed by atoms with E-state index in [9.17, 15) is 0 Å². The second-order valence-electron chi connectivity index (χ2n) is 7.57. The quantitative estimate of drug-likeness (QED) is 0.284. The summed E-state index contributed by atoms with van der Waals surface area (Å²) in [7, 11) is 3.46. The first kappa shape index (κ1) is 23.3. The summed E-state index contributed by atoms with van der Waals surface area (Å²) in [5.74, 6) is 1.51. The summed E-state index contributed by atoms with van der Waals surface area (Å²) in [6, 6.07) is 18.2. The van der Waals surface area contributed by atoms with Crippen molar-refractivity contribution in [3.8, 4) is 5.75 Å². The van der Waals surface area contributed by atoms with E-state index >= 15 is 0 Å². The van der Waals surface area contributed by atoms with Gasteiger partial charge in [-0.15, -0.1) is 0 Å². The van der Waals surface area contributed by atoms with Gasteiger partial charge in [-0.25, -0.2) is 0 Å². The maximum atomic E-state index is 5.78. The lowest BCUT2D eigenvalue weighted by Crippen LogP contribution is -2.30. The number of aliphatic imine (C=N–C) groups is 1. The number of methoxy groups -OCH3 is 1. The summed E-state index contributed by atoms with van der Waals surface area (Å²) in [6.07, 6.45) is 0.855. The fourth-order valence-corrected chi connectivity index (χ4v) is 3.45. The monoisotopic (exact) mass is 435 g/mol. The number of hydrogen-bond donors (Lipinski definition) is 2. The van der Waals surface area contributed by atoms with Crippen LogP contribution in [0, 0.1) is 13.8 Å². The van der Waals surface area contributed by atoms with Crippen molar-refractivity contribution in [1.82, 2.24) is 15.1 Å². The number of ether oxygens (including phenoxy) is 2.